The van der Waals surface area contributed by atoms with Crippen molar-refractivity contribution >= 4 is 11.6 Å². The number of ether oxygens (including phenoxy) is 1. The second-order valence-electron chi connectivity index (χ2n) is 5.88. The van der Waals surface area contributed by atoms with Gasteiger partial charge in [0, 0.05) is 17.3 Å². The van der Waals surface area contributed by atoms with E-state index in [1.54, 1.807) is 13.2 Å². The van der Waals surface area contributed by atoms with Crippen LogP contribution in [0.1, 0.15) is 16.8 Å². The molecule has 1 heterocycles. The Morgan fingerprint density at radius 3 is 2.64 bits per heavy atom. The molecule has 2 aromatic carbocycles. The molecule has 0 fully saturated rings. The standard InChI is InChI=1S/C20H20N2O3/c1-13-5-4-6-18(14(13)2)21-20(23)12-16-11-19(25-22-16)15-7-9-17(24-3)10-8-15/h4-11H,12H2,1-3H3,(H,21,23). The molecule has 0 spiro atoms. The molecular formula is C20H20N2O3. The number of hydrogen-bond acceptors (Lipinski definition) is 4. The van der Waals surface area contributed by atoms with Gasteiger partial charge in [-0.25, -0.2) is 0 Å². The van der Waals surface area contributed by atoms with Crippen molar-refractivity contribution in [2.75, 3.05) is 12.4 Å². The van der Waals surface area contributed by atoms with Crippen LogP contribution in [-0.4, -0.2) is 18.2 Å². The first-order chi connectivity index (χ1) is 12.1. The lowest BCUT2D eigenvalue weighted by Crippen LogP contribution is -2.15. The molecule has 0 bridgehead atoms. The maximum atomic E-state index is 12.3. The molecule has 0 saturated carbocycles. The summed E-state index contributed by atoms with van der Waals surface area (Å²) in [6.07, 6.45) is 0.160. The normalized spacial score (nSPS) is 10.5. The van der Waals surface area contributed by atoms with E-state index >= 15 is 0 Å². The molecule has 25 heavy (non-hydrogen) atoms. The van der Waals surface area contributed by atoms with Gasteiger partial charge in [0.15, 0.2) is 5.76 Å². The number of nitrogens with zero attached hydrogens (tertiary/aromatic N) is 1. The Bertz CT molecular complexity index is 882. The largest absolute Gasteiger partial charge is 0.497 e. The van der Waals surface area contributed by atoms with Crippen LogP contribution < -0.4 is 10.1 Å². The SMILES string of the molecule is COc1ccc(-c2cc(CC(=O)Nc3cccc(C)c3C)no2)cc1. The maximum absolute atomic E-state index is 12.3. The van der Waals surface area contributed by atoms with Crippen molar-refractivity contribution in [3.8, 4) is 17.1 Å². The molecule has 5 nitrogen and oxygen atoms in total. The van der Waals surface area contributed by atoms with Gasteiger partial charge >= 0.3 is 0 Å². The fourth-order valence-electron chi connectivity index (χ4n) is 2.53. The van der Waals surface area contributed by atoms with Gasteiger partial charge in [-0.2, -0.15) is 0 Å². The molecule has 3 aromatic rings. The van der Waals surface area contributed by atoms with E-state index in [0.717, 1.165) is 28.1 Å². The number of carbonyl (C=O) groups is 1. The number of anilines is 1. The average molecular weight is 336 g/mol. The van der Waals surface area contributed by atoms with Crippen LogP contribution in [0.4, 0.5) is 5.69 Å². The Morgan fingerprint density at radius 1 is 1.16 bits per heavy atom. The second-order valence-corrected chi connectivity index (χ2v) is 5.88. The molecular weight excluding hydrogens is 316 g/mol. The van der Waals surface area contributed by atoms with Crippen molar-refractivity contribution in [3.63, 3.8) is 0 Å². The van der Waals surface area contributed by atoms with Crippen molar-refractivity contribution in [2.24, 2.45) is 0 Å². The number of aryl methyl sites for hydroxylation is 1. The predicted molar refractivity (Wildman–Crippen MR) is 96.7 cm³/mol. The van der Waals surface area contributed by atoms with Crippen LogP contribution in [0.15, 0.2) is 53.1 Å². The third-order valence-corrected chi connectivity index (χ3v) is 4.15. The van der Waals surface area contributed by atoms with E-state index in [0.29, 0.717) is 11.5 Å². The van der Waals surface area contributed by atoms with Crippen molar-refractivity contribution in [3.05, 3.63) is 65.4 Å². The number of rotatable bonds is 5. The van der Waals surface area contributed by atoms with Gasteiger partial charge in [0.05, 0.1) is 19.2 Å². The van der Waals surface area contributed by atoms with E-state index in [9.17, 15) is 4.79 Å². The van der Waals surface area contributed by atoms with Gasteiger partial charge < -0.3 is 14.6 Å². The zero-order valence-electron chi connectivity index (χ0n) is 14.5. The van der Waals surface area contributed by atoms with Crippen LogP contribution in [0, 0.1) is 13.8 Å². The lowest BCUT2D eigenvalue weighted by atomic mass is 10.1. The molecule has 0 radical (unpaired) electrons. The molecule has 128 valence electrons. The van der Waals surface area contributed by atoms with Crippen LogP contribution in [0.2, 0.25) is 0 Å². The third kappa shape index (κ3) is 3.88. The summed E-state index contributed by atoms with van der Waals surface area (Å²) >= 11 is 0. The Kier molecular flexibility index (Phi) is 4.84. The predicted octanol–water partition coefficient (Wildman–Crippen LogP) is 4.15. The monoisotopic (exact) mass is 336 g/mol. The smallest absolute Gasteiger partial charge is 0.230 e. The summed E-state index contributed by atoms with van der Waals surface area (Å²) in [4.78, 5) is 12.3. The average Bonchev–Trinajstić information content (AvgIpc) is 3.07. The van der Waals surface area contributed by atoms with Crippen LogP contribution in [-0.2, 0) is 11.2 Å². The Morgan fingerprint density at radius 2 is 1.92 bits per heavy atom. The molecule has 0 aliphatic heterocycles. The highest BCUT2D eigenvalue weighted by atomic mass is 16.5. The Hall–Kier alpha value is -3.08. The lowest BCUT2D eigenvalue weighted by molar-refractivity contribution is -0.115. The summed E-state index contributed by atoms with van der Waals surface area (Å²) < 4.78 is 10.5. The summed E-state index contributed by atoms with van der Waals surface area (Å²) in [5.41, 5.74) is 4.50. The highest BCUT2D eigenvalue weighted by Crippen LogP contribution is 2.23. The van der Waals surface area contributed by atoms with Crippen molar-refractivity contribution in [1.82, 2.24) is 5.16 Å². The topological polar surface area (TPSA) is 64.4 Å². The summed E-state index contributed by atoms with van der Waals surface area (Å²) in [5.74, 6) is 1.27. The van der Waals surface area contributed by atoms with Gasteiger partial charge in [-0.3, -0.25) is 4.79 Å². The van der Waals surface area contributed by atoms with Crippen LogP contribution in [0.25, 0.3) is 11.3 Å². The first kappa shape index (κ1) is 16.8. The van der Waals surface area contributed by atoms with Crippen LogP contribution >= 0.6 is 0 Å². The Balaban J connectivity index is 1.68. The van der Waals surface area contributed by atoms with E-state index in [1.165, 1.54) is 0 Å². The molecule has 0 saturated heterocycles. The van der Waals surface area contributed by atoms with E-state index in [2.05, 4.69) is 10.5 Å². The van der Waals surface area contributed by atoms with Gasteiger partial charge in [-0.1, -0.05) is 17.3 Å². The molecule has 0 unspecified atom stereocenters. The molecule has 1 amide bonds. The van der Waals surface area contributed by atoms with Crippen molar-refractivity contribution < 1.29 is 14.1 Å². The highest BCUT2D eigenvalue weighted by Gasteiger charge is 2.12. The van der Waals surface area contributed by atoms with E-state index in [4.69, 9.17) is 9.26 Å². The van der Waals surface area contributed by atoms with Crippen LogP contribution in [0.5, 0.6) is 5.75 Å². The molecule has 0 atom stereocenters. The lowest BCUT2D eigenvalue weighted by Gasteiger charge is -2.09. The van der Waals surface area contributed by atoms with Gasteiger partial charge in [0.25, 0.3) is 0 Å². The van der Waals surface area contributed by atoms with Crippen molar-refractivity contribution in [1.29, 1.82) is 0 Å². The fraction of sp³-hybridized carbons (Fsp3) is 0.200. The van der Waals surface area contributed by atoms with Crippen LogP contribution in [0.3, 0.4) is 0 Å². The summed E-state index contributed by atoms with van der Waals surface area (Å²) in [6, 6.07) is 15.1. The number of nitrogens with one attached hydrogen (secondary N) is 1. The maximum Gasteiger partial charge on any atom is 0.230 e. The number of hydrogen-bond donors (Lipinski definition) is 1. The summed E-state index contributed by atoms with van der Waals surface area (Å²) in [5, 5.41) is 6.92. The number of benzene rings is 2. The molecule has 0 aliphatic rings. The minimum Gasteiger partial charge on any atom is -0.497 e. The van der Waals surface area contributed by atoms with Gasteiger partial charge in [-0.15, -0.1) is 0 Å². The minimum atomic E-state index is -0.122. The number of amides is 1. The first-order valence-corrected chi connectivity index (χ1v) is 8.03. The quantitative estimate of drug-likeness (QED) is 0.760. The van der Waals surface area contributed by atoms with Gasteiger partial charge in [0.1, 0.15) is 5.75 Å². The number of methoxy groups -OCH3 is 1. The van der Waals surface area contributed by atoms with E-state index in [1.807, 2.05) is 56.3 Å². The van der Waals surface area contributed by atoms with E-state index in [-0.39, 0.29) is 12.3 Å². The fourth-order valence-corrected chi connectivity index (χ4v) is 2.53. The second kappa shape index (κ2) is 7.21. The minimum absolute atomic E-state index is 0.122. The summed E-state index contributed by atoms with van der Waals surface area (Å²) in [6.45, 7) is 4.01. The zero-order chi connectivity index (χ0) is 17.8. The molecule has 0 aliphatic carbocycles. The highest BCUT2D eigenvalue weighted by molar-refractivity contribution is 5.93. The van der Waals surface area contributed by atoms with Gasteiger partial charge in [0.2, 0.25) is 5.91 Å². The number of aromatic nitrogens is 1. The third-order valence-electron chi connectivity index (χ3n) is 4.15. The first-order valence-electron chi connectivity index (χ1n) is 8.03. The number of carbonyl (C=O) groups excluding carboxylic acids is 1. The van der Waals surface area contributed by atoms with Crippen molar-refractivity contribution in [2.45, 2.75) is 20.3 Å². The molecule has 1 N–H and O–H groups in total. The molecule has 1 aromatic heterocycles. The zero-order valence-corrected chi connectivity index (χ0v) is 14.5. The molecule has 5 heteroatoms. The Labute approximate surface area is 146 Å². The summed E-state index contributed by atoms with van der Waals surface area (Å²) in [7, 11) is 1.62. The molecule has 3 rings (SSSR count). The van der Waals surface area contributed by atoms with Gasteiger partial charge in [-0.05, 0) is 55.3 Å². The van der Waals surface area contributed by atoms with E-state index < -0.39 is 0 Å².